The van der Waals surface area contributed by atoms with Crippen molar-refractivity contribution < 1.29 is 4.43 Å². The van der Waals surface area contributed by atoms with Gasteiger partial charge in [0.1, 0.15) is 0 Å². The molecule has 0 amide bonds. The molecular formula is C7H19NOSi. The predicted octanol–water partition coefficient (Wildman–Crippen LogP) is 0.938. The molecule has 0 aliphatic rings. The fourth-order valence-corrected chi connectivity index (χ4v) is 1.81. The zero-order chi connectivity index (χ0) is 7.98. The van der Waals surface area contributed by atoms with Crippen LogP contribution in [0.15, 0.2) is 0 Å². The molecule has 1 atom stereocenters. The highest BCUT2D eigenvalue weighted by atomic mass is 28.3. The Labute approximate surface area is 65.9 Å². The van der Waals surface area contributed by atoms with Crippen LogP contribution in [-0.2, 0) is 4.43 Å². The summed E-state index contributed by atoms with van der Waals surface area (Å²) in [5, 5.41) is 0. The van der Waals surface area contributed by atoms with E-state index in [9.17, 15) is 0 Å². The number of rotatable bonds is 5. The van der Waals surface area contributed by atoms with Gasteiger partial charge in [-0.1, -0.05) is 0 Å². The van der Waals surface area contributed by atoms with Crippen LogP contribution in [0.5, 0.6) is 0 Å². The van der Waals surface area contributed by atoms with Crippen molar-refractivity contribution in [1.29, 1.82) is 0 Å². The molecule has 1 unspecified atom stereocenters. The average molecular weight is 161 g/mol. The molecular weight excluding hydrogens is 142 g/mol. The molecule has 0 radical (unpaired) electrons. The molecule has 3 heteroatoms. The molecule has 0 saturated carbocycles. The summed E-state index contributed by atoms with van der Waals surface area (Å²) in [7, 11) is 5.28. The molecule has 0 aromatic carbocycles. The van der Waals surface area contributed by atoms with Gasteiger partial charge < -0.3 is 9.33 Å². The van der Waals surface area contributed by atoms with Gasteiger partial charge in [-0.3, -0.25) is 0 Å². The molecule has 0 aromatic rings. The maximum Gasteiger partial charge on any atom is 0.173 e. The van der Waals surface area contributed by atoms with Crippen LogP contribution in [0.1, 0.15) is 6.42 Å². The van der Waals surface area contributed by atoms with Crippen LogP contribution in [-0.4, -0.2) is 41.7 Å². The van der Waals surface area contributed by atoms with Crippen LogP contribution in [0.2, 0.25) is 12.6 Å². The summed E-state index contributed by atoms with van der Waals surface area (Å²) in [6.45, 7) is 3.44. The third-order valence-electron chi connectivity index (χ3n) is 1.62. The summed E-state index contributed by atoms with van der Waals surface area (Å²) < 4.78 is 5.25. The Morgan fingerprint density at radius 2 is 2.00 bits per heavy atom. The molecule has 0 fully saturated rings. The van der Waals surface area contributed by atoms with Gasteiger partial charge in [-0.15, -0.1) is 0 Å². The average Bonchev–Trinajstić information content (AvgIpc) is 1.87. The van der Waals surface area contributed by atoms with E-state index in [0.717, 1.165) is 0 Å². The van der Waals surface area contributed by atoms with Gasteiger partial charge in [0.15, 0.2) is 9.04 Å². The molecule has 0 aliphatic heterocycles. The normalized spacial score (nSPS) is 14.1. The molecule has 0 rings (SSSR count). The van der Waals surface area contributed by atoms with E-state index in [-0.39, 0.29) is 0 Å². The summed E-state index contributed by atoms with van der Waals surface area (Å²) in [4.78, 5) is 2.22. The van der Waals surface area contributed by atoms with E-state index < -0.39 is 9.04 Å². The highest BCUT2D eigenvalue weighted by molar-refractivity contribution is 6.50. The highest BCUT2D eigenvalue weighted by Gasteiger charge is 2.00. The minimum Gasteiger partial charge on any atom is -0.423 e. The van der Waals surface area contributed by atoms with E-state index in [1.807, 2.05) is 7.11 Å². The predicted molar refractivity (Wildman–Crippen MR) is 48.0 cm³/mol. The quantitative estimate of drug-likeness (QED) is 0.556. The van der Waals surface area contributed by atoms with Crippen LogP contribution < -0.4 is 0 Å². The Morgan fingerprint density at radius 3 is 2.40 bits per heavy atom. The minimum atomic E-state index is -0.767. The van der Waals surface area contributed by atoms with Crippen molar-refractivity contribution in [3.63, 3.8) is 0 Å². The zero-order valence-corrected chi connectivity index (χ0v) is 8.71. The van der Waals surface area contributed by atoms with Gasteiger partial charge in [0.05, 0.1) is 0 Å². The Kier molecular flexibility index (Phi) is 5.97. The summed E-state index contributed by atoms with van der Waals surface area (Å²) in [5.41, 5.74) is 0. The van der Waals surface area contributed by atoms with E-state index in [0.29, 0.717) is 0 Å². The van der Waals surface area contributed by atoms with E-state index >= 15 is 0 Å². The maximum absolute atomic E-state index is 5.25. The van der Waals surface area contributed by atoms with Gasteiger partial charge in [-0.25, -0.2) is 0 Å². The molecule has 0 N–H and O–H groups in total. The van der Waals surface area contributed by atoms with Gasteiger partial charge in [0.2, 0.25) is 0 Å². The maximum atomic E-state index is 5.25. The van der Waals surface area contributed by atoms with Gasteiger partial charge in [0.25, 0.3) is 0 Å². The monoisotopic (exact) mass is 161 g/mol. The van der Waals surface area contributed by atoms with Crippen molar-refractivity contribution in [3.8, 4) is 0 Å². The fraction of sp³-hybridized carbons (Fsp3) is 1.00. The van der Waals surface area contributed by atoms with Gasteiger partial charge in [-0.2, -0.15) is 0 Å². The van der Waals surface area contributed by atoms with E-state index in [2.05, 4.69) is 25.5 Å². The van der Waals surface area contributed by atoms with Crippen molar-refractivity contribution in [2.75, 3.05) is 27.7 Å². The molecule has 0 spiro atoms. The fourth-order valence-electron chi connectivity index (χ4n) is 0.813. The summed E-state index contributed by atoms with van der Waals surface area (Å²) in [6, 6.07) is 1.30. The lowest BCUT2D eigenvalue weighted by Gasteiger charge is -2.10. The molecule has 0 bridgehead atoms. The topological polar surface area (TPSA) is 12.5 Å². The molecule has 62 valence electrons. The van der Waals surface area contributed by atoms with Crippen LogP contribution in [0.25, 0.3) is 0 Å². The second-order valence-electron chi connectivity index (χ2n) is 2.99. The number of nitrogens with zero attached hydrogens (tertiary/aromatic N) is 1. The number of hydrogen-bond donors (Lipinski definition) is 0. The second-order valence-corrected chi connectivity index (χ2v) is 5.66. The van der Waals surface area contributed by atoms with Crippen LogP contribution in [0, 0.1) is 0 Å². The van der Waals surface area contributed by atoms with Crippen molar-refractivity contribution in [3.05, 3.63) is 0 Å². The third kappa shape index (κ3) is 6.26. The Morgan fingerprint density at radius 1 is 1.40 bits per heavy atom. The molecule has 2 nitrogen and oxygen atoms in total. The minimum absolute atomic E-state index is 0.767. The molecule has 0 saturated heterocycles. The Hall–Kier alpha value is 0.137. The van der Waals surface area contributed by atoms with Gasteiger partial charge in [-0.05, 0) is 39.7 Å². The van der Waals surface area contributed by atoms with Gasteiger partial charge in [0, 0.05) is 7.11 Å². The highest BCUT2D eigenvalue weighted by Crippen LogP contribution is 1.97. The molecule has 0 heterocycles. The lowest BCUT2D eigenvalue weighted by Crippen LogP contribution is -2.16. The van der Waals surface area contributed by atoms with Crippen LogP contribution in [0.3, 0.4) is 0 Å². The van der Waals surface area contributed by atoms with E-state index in [4.69, 9.17) is 4.43 Å². The van der Waals surface area contributed by atoms with Crippen molar-refractivity contribution in [1.82, 2.24) is 4.90 Å². The molecule has 0 aliphatic carbocycles. The SMILES string of the molecule is CO[SiH](C)CCCN(C)C. The Bertz CT molecular complexity index is 78.0. The first-order valence-corrected chi connectivity index (χ1v) is 6.28. The largest absolute Gasteiger partial charge is 0.423 e. The first-order chi connectivity index (χ1) is 4.66. The van der Waals surface area contributed by atoms with Gasteiger partial charge >= 0.3 is 0 Å². The molecule has 10 heavy (non-hydrogen) atoms. The summed E-state index contributed by atoms with van der Waals surface area (Å²) in [5.74, 6) is 0. The van der Waals surface area contributed by atoms with Crippen molar-refractivity contribution >= 4 is 9.04 Å². The van der Waals surface area contributed by atoms with Crippen molar-refractivity contribution in [2.24, 2.45) is 0 Å². The zero-order valence-electron chi connectivity index (χ0n) is 7.55. The summed E-state index contributed by atoms with van der Waals surface area (Å²) in [6.07, 6.45) is 1.29. The smallest absolute Gasteiger partial charge is 0.173 e. The van der Waals surface area contributed by atoms with Crippen LogP contribution >= 0.6 is 0 Å². The first-order valence-electron chi connectivity index (χ1n) is 3.84. The van der Waals surface area contributed by atoms with Crippen LogP contribution in [0.4, 0.5) is 0 Å². The first kappa shape index (κ1) is 10.1. The van der Waals surface area contributed by atoms with E-state index in [1.54, 1.807) is 0 Å². The second kappa shape index (κ2) is 5.89. The van der Waals surface area contributed by atoms with E-state index in [1.165, 1.54) is 19.0 Å². The summed E-state index contributed by atoms with van der Waals surface area (Å²) >= 11 is 0. The lowest BCUT2D eigenvalue weighted by molar-refractivity contribution is 0.392. The van der Waals surface area contributed by atoms with Crippen molar-refractivity contribution in [2.45, 2.75) is 19.0 Å². The third-order valence-corrected chi connectivity index (χ3v) is 3.64. The molecule has 0 aromatic heterocycles. The Balaban J connectivity index is 3.03. The number of hydrogen-bond acceptors (Lipinski definition) is 2. The standard InChI is InChI=1S/C7H19NOSi/c1-8(2)6-5-7-10(4)9-3/h10H,5-7H2,1-4H3. The lowest BCUT2D eigenvalue weighted by atomic mass is 10.5.